The van der Waals surface area contributed by atoms with Gasteiger partial charge in [-0.15, -0.1) is 0 Å². The van der Waals surface area contributed by atoms with Gasteiger partial charge in [0.15, 0.2) is 0 Å². The molecule has 148 valence electrons. The lowest BCUT2D eigenvalue weighted by molar-refractivity contribution is 0.411. The van der Waals surface area contributed by atoms with Crippen molar-refractivity contribution in [2.24, 2.45) is 10.8 Å². The Morgan fingerprint density at radius 3 is 1.89 bits per heavy atom. The number of aryl methyl sites for hydroxylation is 2. The number of pyridine rings is 1. The summed E-state index contributed by atoms with van der Waals surface area (Å²) < 4.78 is 0. The van der Waals surface area contributed by atoms with Crippen molar-refractivity contribution < 1.29 is 0 Å². The molecule has 0 atom stereocenters. The molecule has 0 saturated heterocycles. The number of fused-ring (bicyclic) bond motifs is 1. The summed E-state index contributed by atoms with van der Waals surface area (Å²) in [6.07, 6.45) is 4.20. The molecule has 1 aromatic heterocycles. The highest BCUT2D eigenvalue weighted by Crippen LogP contribution is 2.34. The largest absolute Gasteiger partial charge is 0.255 e. The minimum absolute atomic E-state index is 0.236. The first-order valence-corrected chi connectivity index (χ1v) is 10.4. The van der Waals surface area contributed by atoms with Crippen molar-refractivity contribution >= 4 is 10.8 Å². The molecule has 1 nitrogen and oxygen atoms in total. The molecule has 3 aromatic rings. The summed E-state index contributed by atoms with van der Waals surface area (Å²) in [5.74, 6) is 0. The summed E-state index contributed by atoms with van der Waals surface area (Å²) in [5, 5.41) is 2.63. The standard InChI is InChI=1S/C27H35N/c1-18-11-19(2)13-21(12-18)25-24-14-20(15-26(3,4)5)9-10-23(24)22(17-28-25)16-27(6,7)8/h9-14,17H,15-16H2,1-8H3. The van der Waals surface area contributed by atoms with Crippen LogP contribution in [0.1, 0.15) is 63.8 Å². The topological polar surface area (TPSA) is 12.9 Å². The average Bonchev–Trinajstić information content (AvgIpc) is 2.51. The van der Waals surface area contributed by atoms with Crippen molar-refractivity contribution in [2.75, 3.05) is 0 Å². The van der Waals surface area contributed by atoms with Crippen molar-refractivity contribution in [1.82, 2.24) is 4.98 Å². The second-order valence-electron chi connectivity index (χ2n) is 10.9. The summed E-state index contributed by atoms with van der Waals surface area (Å²) in [4.78, 5) is 4.98. The zero-order valence-corrected chi connectivity index (χ0v) is 18.9. The number of aromatic nitrogens is 1. The van der Waals surface area contributed by atoms with Gasteiger partial charge in [0.2, 0.25) is 0 Å². The highest BCUT2D eigenvalue weighted by atomic mass is 14.7. The van der Waals surface area contributed by atoms with Crippen LogP contribution < -0.4 is 0 Å². The van der Waals surface area contributed by atoms with Crippen molar-refractivity contribution in [3.8, 4) is 11.3 Å². The van der Waals surface area contributed by atoms with E-state index >= 15 is 0 Å². The van der Waals surface area contributed by atoms with Crippen molar-refractivity contribution in [1.29, 1.82) is 0 Å². The van der Waals surface area contributed by atoms with E-state index in [0.29, 0.717) is 0 Å². The maximum absolute atomic E-state index is 4.98. The smallest absolute Gasteiger partial charge is 0.0780 e. The minimum Gasteiger partial charge on any atom is -0.255 e. The lowest BCUT2D eigenvalue weighted by atomic mass is 9.84. The number of hydrogen-bond donors (Lipinski definition) is 0. The molecule has 28 heavy (non-hydrogen) atoms. The van der Waals surface area contributed by atoms with Crippen molar-refractivity contribution in [3.63, 3.8) is 0 Å². The molecule has 0 amide bonds. The quantitative estimate of drug-likeness (QED) is 0.458. The van der Waals surface area contributed by atoms with E-state index in [2.05, 4.69) is 98.0 Å². The van der Waals surface area contributed by atoms with E-state index in [0.717, 1.165) is 18.5 Å². The molecule has 1 heteroatoms. The Bertz CT molecular complexity index is 977. The van der Waals surface area contributed by atoms with E-state index in [-0.39, 0.29) is 10.8 Å². The monoisotopic (exact) mass is 373 g/mol. The van der Waals surface area contributed by atoms with Gasteiger partial charge >= 0.3 is 0 Å². The highest BCUT2D eigenvalue weighted by molar-refractivity contribution is 5.97. The lowest BCUT2D eigenvalue weighted by Gasteiger charge is -2.22. The first-order valence-electron chi connectivity index (χ1n) is 10.4. The molecule has 2 aromatic carbocycles. The van der Waals surface area contributed by atoms with Crippen molar-refractivity contribution in [3.05, 3.63) is 64.8 Å². The fourth-order valence-corrected chi connectivity index (χ4v) is 4.12. The Balaban J connectivity index is 2.24. The van der Waals surface area contributed by atoms with Gasteiger partial charge in [0.25, 0.3) is 0 Å². The van der Waals surface area contributed by atoms with Crippen LogP contribution in [0.5, 0.6) is 0 Å². The predicted octanol–water partition coefficient (Wildman–Crippen LogP) is 7.70. The van der Waals surface area contributed by atoms with Crippen LogP contribution >= 0.6 is 0 Å². The van der Waals surface area contributed by atoms with Crippen LogP contribution in [-0.2, 0) is 12.8 Å². The van der Waals surface area contributed by atoms with Gasteiger partial charge in [0.05, 0.1) is 5.69 Å². The number of nitrogens with zero attached hydrogens (tertiary/aromatic N) is 1. The molecule has 0 spiro atoms. The van der Waals surface area contributed by atoms with Gasteiger partial charge in [0, 0.05) is 17.1 Å². The minimum atomic E-state index is 0.236. The predicted molar refractivity (Wildman–Crippen MR) is 123 cm³/mol. The Morgan fingerprint density at radius 1 is 0.714 bits per heavy atom. The van der Waals surface area contributed by atoms with Crippen LogP contribution in [0.15, 0.2) is 42.6 Å². The normalized spacial score (nSPS) is 12.6. The molecule has 0 N–H and O–H groups in total. The van der Waals surface area contributed by atoms with Crippen molar-refractivity contribution in [2.45, 2.75) is 68.2 Å². The van der Waals surface area contributed by atoms with E-state index in [1.54, 1.807) is 0 Å². The van der Waals surface area contributed by atoms with Crippen LogP contribution in [0.4, 0.5) is 0 Å². The summed E-state index contributed by atoms with van der Waals surface area (Å²) in [5.41, 5.74) is 8.14. The average molecular weight is 374 g/mol. The third kappa shape index (κ3) is 5.01. The molecular formula is C27H35N. The van der Waals surface area contributed by atoms with Crippen LogP contribution in [0.3, 0.4) is 0 Å². The zero-order valence-electron chi connectivity index (χ0n) is 18.9. The van der Waals surface area contributed by atoms with E-state index < -0.39 is 0 Å². The van der Waals surface area contributed by atoms with Gasteiger partial charge in [-0.25, -0.2) is 0 Å². The summed E-state index contributed by atoms with van der Waals surface area (Å²) in [6, 6.07) is 13.8. The number of hydrogen-bond acceptors (Lipinski definition) is 1. The highest BCUT2D eigenvalue weighted by Gasteiger charge is 2.18. The first kappa shape index (κ1) is 20.6. The summed E-state index contributed by atoms with van der Waals surface area (Å²) in [6.45, 7) is 18.1. The second-order valence-corrected chi connectivity index (χ2v) is 10.9. The van der Waals surface area contributed by atoms with E-state index in [1.165, 1.54) is 38.6 Å². The third-order valence-electron chi connectivity index (χ3n) is 4.98. The first-order chi connectivity index (χ1) is 12.9. The molecule has 0 aliphatic carbocycles. The third-order valence-corrected chi connectivity index (χ3v) is 4.98. The van der Waals surface area contributed by atoms with Crippen LogP contribution in [0, 0.1) is 24.7 Å². The molecular weight excluding hydrogens is 338 g/mol. The summed E-state index contributed by atoms with van der Waals surface area (Å²) in [7, 11) is 0. The SMILES string of the molecule is Cc1cc(C)cc(-c2ncc(CC(C)(C)C)c3ccc(CC(C)(C)C)cc23)c1. The Labute approximate surface area is 171 Å². The van der Waals surface area contributed by atoms with Gasteiger partial charge in [-0.2, -0.15) is 0 Å². The molecule has 3 rings (SSSR count). The Morgan fingerprint density at radius 2 is 1.32 bits per heavy atom. The van der Waals surface area contributed by atoms with E-state index in [4.69, 9.17) is 4.98 Å². The lowest BCUT2D eigenvalue weighted by Crippen LogP contribution is -2.11. The maximum Gasteiger partial charge on any atom is 0.0780 e. The van der Waals surface area contributed by atoms with Gasteiger partial charge in [-0.1, -0.05) is 70.9 Å². The Kier molecular flexibility index (Phi) is 5.40. The van der Waals surface area contributed by atoms with Gasteiger partial charge < -0.3 is 0 Å². The molecule has 0 aliphatic rings. The summed E-state index contributed by atoms with van der Waals surface area (Å²) >= 11 is 0. The van der Waals surface area contributed by atoms with E-state index in [1.807, 2.05) is 0 Å². The van der Waals surface area contributed by atoms with Gasteiger partial charge in [-0.05, 0) is 72.2 Å². The molecule has 0 unspecified atom stereocenters. The number of rotatable bonds is 3. The van der Waals surface area contributed by atoms with Crippen LogP contribution in [0.25, 0.3) is 22.0 Å². The fourth-order valence-electron chi connectivity index (χ4n) is 4.12. The van der Waals surface area contributed by atoms with Crippen LogP contribution in [0.2, 0.25) is 0 Å². The zero-order chi connectivity index (χ0) is 20.7. The van der Waals surface area contributed by atoms with E-state index in [9.17, 15) is 0 Å². The molecule has 1 heterocycles. The van der Waals surface area contributed by atoms with Gasteiger partial charge in [0.1, 0.15) is 0 Å². The second kappa shape index (κ2) is 7.35. The van der Waals surface area contributed by atoms with Gasteiger partial charge in [-0.3, -0.25) is 4.98 Å². The molecule has 0 saturated carbocycles. The Hall–Kier alpha value is -2.15. The number of benzene rings is 2. The maximum atomic E-state index is 4.98. The molecule has 0 radical (unpaired) electrons. The molecule has 0 fully saturated rings. The fraction of sp³-hybridized carbons (Fsp3) is 0.444. The molecule has 0 aliphatic heterocycles. The van der Waals surface area contributed by atoms with Crippen LogP contribution in [-0.4, -0.2) is 4.98 Å². The molecule has 0 bridgehead atoms.